The van der Waals surface area contributed by atoms with E-state index in [1.165, 1.54) is 17.0 Å². The Labute approximate surface area is 163 Å². The molecular formula is C21H12F2N2O4. The summed E-state index contributed by atoms with van der Waals surface area (Å²) in [5.74, 6) is -1.06. The normalized spacial score (nSPS) is 18.4. The monoisotopic (exact) mass is 394 g/mol. The smallest absolute Gasteiger partial charge is 0.272 e. The summed E-state index contributed by atoms with van der Waals surface area (Å²) >= 11 is 0. The summed E-state index contributed by atoms with van der Waals surface area (Å²) in [5.41, 5.74) is -1.40. The Morgan fingerprint density at radius 1 is 1.03 bits per heavy atom. The highest BCUT2D eigenvalue weighted by Gasteiger charge is 2.58. The van der Waals surface area contributed by atoms with Gasteiger partial charge in [0.2, 0.25) is 0 Å². The summed E-state index contributed by atoms with van der Waals surface area (Å²) in [6, 6.07) is 5.38. The Kier molecular flexibility index (Phi) is 3.38. The number of hydrogen-bond donors (Lipinski definition) is 0. The fourth-order valence-corrected chi connectivity index (χ4v) is 3.72. The molecule has 0 saturated heterocycles. The standard InChI is InChI=1S/C21H12F2N2O4/c1-2-7-24-16-10-15(14(23)9-17(16)29-21(5-6-21)20(24)28)25-18(26)12-4-3-11(22)8-13(12)19(25)27/h1,3-4,8-10H,5-7H2. The minimum absolute atomic E-state index is 0.0294. The van der Waals surface area contributed by atoms with Crippen LogP contribution in [0, 0.1) is 24.0 Å². The minimum atomic E-state index is -1.02. The molecule has 5 rings (SSSR count). The van der Waals surface area contributed by atoms with Crippen LogP contribution in [0.3, 0.4) is 0 Å². The van der Waals surface area contributed by atoms with Crippen molar-refractivity contribution >= 4 is 29.1 Å². The highest BCUT2D eigenvalue weighted by Crippen LogP contribution is 2.50. The van der Waals surface area contributed by atoms with Crippen molar-refractivity contribution in [2.75, 3.05) is 16.3 Å². The van der Waals surface area contributed by atoms with Crippen LogP contribution in [0.5, 0.6) is 5.75 Å². The summed E-state index contributed by atoms with van der Waals surface area (Å²) in [6.45, 7) is -0.0741. The van der Waals surface area contributed by atoms with E-state index in [0.717, 1.165) is 18.2 Å². The van der Waals surface area contributed by atoms with Gasteiger partial charge in [-0.05, 0) is 24.3 Å². The number of carbonyl (C=O) groups excluding carboxylic acids is 3. The van der Waals surface area contributed by atoms with Gasteiger partial charge in [-0.1, -0.05) is 5.92 Å². The fourth-order valence-electron chi connectivity index (χ4n) is 3.72. The molecule has 0 bridgehead atoms. The number of ether oxygens (including phenoxy) is 1. The summed E-state index contributed by atoms with van der Waals surface area (Å²) < 4.78 is 34.1. The first kappa shape index (κ1) is 17.4. The van der Waals surface area contributed by atoms with Crippen molar-refractivity contribution < 1.29 is 27.9 Å². The molecule has 0 radical (unpaired) electrons. The van der Waals surface area contributed by atoms with E-state index in [9.17, 15) is 23.2 Å². The molecule has 1 saturated carbocycles. The molecule has 6 nitrogen and oxygen atoms in total. The van der Waals surface area contributed by atoms with E-state index in [0.29, 0.717) is 17.7 Å². The Morgan fingerprint density at radius 3 is 2.45 bits per heavy atom. The van der Waals surface area contributed by atoms with Crippen molar-refractivity contribution in [3.05, 3.63) is 53.1 Å². The van der Waals surface area contributed by atoms with E-state index in [-0.39, 0.29) is 40.7 Å². The molecule has 0 unspecified atom stereocenters. The molecule has 2 aliphatic heterocycles. The molecule has 1 aliphatic carbocycles. The number of amides is 3. The third kappa shape index (κ3) is 2.30. The van der Waals surface area contributed by atoms with Crippen LogP contribution in [0.15, 0.2) is 30.3 Å². The van der Waals surface area contributed by atoms with Crippen LogP contribution in [0.2, 0.25) is 0 Å². The molecule has 3 aliphatic rings. The number of anilines is 2. The maximum Gasteiger partial charge on any atom is 0.272 e. The van der Waals surface area contributed by atoms with Gasteiger partial charge in [-0.15, -0.1) is 6.42 Å². The summed E-state index contributed by atoms with van der Waals surface area (Å²) in [4.78, 5) is 40.0. The molecule has 1 spiro atoms. The quantitative estimate of drug-likeness (QED) is 0.580. The lowest BCUT2D eigenvalue weighted by molar-refractivity contribution is -0.128. The van der Waals surface area contributed by atoms with E-state index < -0.39 is 29.0 Å². The van der Waals surface area contributed by atoms with Crippen LogP contribution in [0.1, 0.15) is 33.6 Å². The number of fused-ring (bicyclic) bond motifs is 2. The molecule has 0 aromatic heterocycles. The van der Waals surface area contributed by atoms with E-state index >= 15 is 0 Å². The van der Waals surface area contributed by atoms with Crippen molar-refractivity contribution in [3.8, 4) is 18.1 Å². The van der Waals surface area contributed by atoms with E-state index in [4.69, 9.17) is 11.2 Å². The second-order valence-electron chi connectivity index (χ2n) is 7.10. The Balaban J connectivity index is 1.63. The largest absolute Gasteiger partial charge is 0.475 e. The van der Waals surface area contributed by atoms with E-state index in [1.54, 1.807) is 0 Å². The topological polar surface area (TPSA) is 66.9 Å². The van der Waals surface area contributed by atoms with Crippen molar-refractivity contribution in [1.29, 1.82) is 0 Å². The van der Waals surface area contributed by atoms with Gasteiger partial charge in [0, 0.05) is 18.9 Å². The minimum Gasteiger partial charge on any atom is -0.475 e. The highest BCUT2D eigenvalue weighted by atomic mass is 19.1. The number of nitrogens with zero attached hydrogens (tertiary/aromatic N) is 2. The van der Waals surface area contributed by atoms with Gasteiger partial charge in [0.05, 0.1) is 29.0 Å². The lowest BCUT2D eigenvalue weighted by Gasteiger charge is -2.34. The first-order valence-corrected chi connectivity index (χ1v) is 8.82. The first-order valence-electron chi connectivity index (χ1n) is 8.82. The number of rotatable bonds is 2. The van der Waals surface area contributed by atoms with Gasteiger partial charge in [-0.2, -0.15) is 0 Å². The Morgan fingerprint density at radius 2 is 1.76 bits per heavy atom. The maximum atomic E-state index is 14.9. The molecule has 8 heteroatoms. The lowest BCUT2D eigenvalue weighted by atomic mass is 10.1. The molecule has 2 aromatic rings. The number of carbonyl (C=O) groups is 3. The Bertz CT molecular complexity index is 1180. The molecule has 0 N–H and O–H groups in total. The van der Waals surface area contributed by atoms with Crippen LogP contribution >= 0.6 is 0 Å². The van der Waals surface area contributed by atoms with Gasteiger partial charge in [0.15, 0.2) is 11.4 Å². The van der Waals surface area contributed by atoms with Gasteiger partial charge >= 0.3 is 0 Å². The molecular weight excluding hydrogens is 382 g/mol. The molecule has 2 aromatic carbocycles. The third-order valence-corrected chi connectivity index (χ3v) is 5.30. The van der Waals surface area contributed by atoms with Crippen LogP contribution in [-0.2, 0) is 4.79 Å². The van der Waals surface area contributed by atoms with Gasteiger partial charge in [-0.25, -0.2) is 13.7 Å². The predicted molar refractivity (Wildman–Crippen MR) is 97.7 cm³/mol. The Hall–Kier alpha value is -3.73. The zero-order valence-electron chi connectivity index (χ0n) is 14.9. The first-order chi connectivity index (χ1) is 13.9. The summed E-state index contributed by atoms with van der Waals surface area (Å²) in [7, 11) is 0. The van der Waals surface area contributed by atoms with Crippen LogP contribution in [0.25, 0.3) is 0 Å². The highest BCUT2D eigenvalue weighted by molar-refractivity contribution is 6.34. The molecule has 29 heavy (non-hydrogen) atoms. The average Bonchev–Trinajstić information content (AvgIpc) is 3.42. The SMILES string of the molecule is C#CCN1C(=O)C2(CC2)Oc2cc(F)c(N3C(=O)c4ccc(F)cc4C3=O)cc21. The van der Waals surface area contributed by atoms with Crippen LogP contribution in [0.4, 0.5) is 20.2 Å². The van der Waals surface area contributed by atoms with Crippen molar-refractivity contribution in [1.82, 2.24) is 0 Å². The number of terminal acetylenes is 1. The second kappa shape index (κ2) is 5.64. The number of halogens is 2. The third-order valence-electron chi connectivity index (χ3n) is 5.30. The van der Waals surface area contributed by atoms with E-state index in [1.807, 2.05) is 0 Å². The molecule has 1 fully saturated rings. The fraction of sp³-hybridized carbons (Fsp3) is 0.190. The molecule has 2 heterocycles. The average molecular weight is 394 g/mol. The van der Waals surface area contributed by atoms with Gasteiger partial charge in [-0.3, -0.25) is 19.3 Å². The molecule has 144 valence electrons. The lowest BCUT2D eigenvalue weighted by Crippen LogP contribution is -2.48. The summed E-state index contributed by atoms with van der Waals surface area (Å²) in [5, 5.41) is 0. The predicted octanol–water partition coefficient (Wildman–Crippen LogP) is 2.66. The second-order valence-corrected chi connectivity index (χ2v) is 7.10. The van der Waals surface area contributed by atoms with Gasteiger partial charge < -0.3 is 4.74 Å². The molecule has 0 atom stereocenters. The van der Waals surface area contributed by atoms with Crippen molar-refractivity contribution in [3.63, 3.8) is 0 Å². The van der Waals surface area contributed by atoms with Gasteiger partial charge in [0.25, 0.3) is 17.7 Å². The van der Waals surface area contributed by atoms with Crippen molar-refractivity contribution in [2.45, 2.75) is 18.4 Å². The van der Waals surface area contributed by atoms with Crippen LogP contribution in [-0.4, -0.2) is 29.9 Å². The van der Waals surface area contributed by atoms with Gasteiger partial charge in [0.1, 0.15) is 11.6 Å². The zero-order valence-corrected chi connectivity index (χ0v) is 14.9. The van der Waals surface area contributed by atoms with Crippen molar-refractivity contribution in [2.24, 2.45) is 0 Å². The number of benzene rings is 2. The maximum absolute atomic E-state index is 14.9. The van der Waals surface area contributed by atoms with Crippen LogP contribution < -0.4 is 14.5 Å². The van der Waals surface area contributed by atoms with E-state index in [2.05, 4.69) is 5.92 Å². The molecule has 3 amide bonds. The number of imide groups is 1. The number of hydrogen-bond acceptors (Lipinski definition) is 4. The summed E-state index contributed by atoms with van der Waals surface area (Å²) in [6.07, 6.45) is 6.38. The zero-order chi connectivity index (χ0) is 20.5.